The summed E-state index contributed by atoms with van der Waals surface area (Å²) in [5, 5.41) is 8.76. The maximum atomic E-state index is 10.9. The highest BCUT2D eigenvalue weighted by molar-refractivity contribution is 5.73. The fourth-order valence-electron chi connectivity index (χ4n) is 1.82. The molecule has 0 radical (unpaired) electrons. The van der Waals surface area contributed by atoms with Gasteiger partial charge in [0, 0.05) is 0 Å². The monoisotopic (exact) mass is 288 g/mol. The molecule has 0 spiro atoms. The molecule has 120 valence electrons. The normalized spacial score (nSPS) is 14.5. The summed E-state index contributed by atoms with van der Waals surface area (Å²) < 4.78 is 4.82. The van der Waals surface area contributed by atoms with Crippen molar-refractivity contribution < 1.29 is 19.4 Å². The number of carboxylic acids is 1. The first-order chi connectivity index (χ1) is 9.28. The van der Waals surface area contributed by atoms with Gasteiger partial charge in [0.05, 0.1) is 17.9 Å². The second-order valence-corrected chi connectivity index (χ2v) is 5.41. The van der Waals surface area contributed by atoms with E-state index in [1.807, 2.05) is 27.7 Å². The number of rotatable bonds is 8. The average molecular weight is 288 g/mol. The Hall–Kier alpha value is -1.06. The van der Waals surface area contributed by atoms with Gasteiger partial charge < -0.3 is 9.84 Å². The van der Waals surface area contributed by atoms with E-state index in [4.69, 9.17) is 9.84 Å². The highest BCUT2D eigenvalue weighted by atomic mass is 16.5. The van der Waals surface area contributed by atoms with Crippen molar-refractivity contribution in [1.29, 1.82) is 0 Å². The minimum atomic E-state index is -0.670. The first-order valence-corrected chi connectivity index (χ1v) is 7.68. The fourth-order valence-corrected chi connectivity index (χ4v) is 1.82. The van der Waals surface area contributed by atoms with Crippen LogP contribution in [0, 0.1) is 11.3 Å². The van der Waals surface area contributed by atoms with Crippen LogP contribution in [0.15, 0.2) is 0 Å². The minimum absolute atomic E-state index is 0.0654. The molecule has 0 saturated heterocycles. The molecule has 20 heavy (non-hydrogen) atoms. The number of ether oxygens (including phenoxy) is 1. The van der Waals surface area contributed by atoms with Crippen molar-refractivity contribution in [3.05, 3.63) is 0 Å². The van der Waals surface area contributed by atoms with Gasteiger partial charge >= 0.3 is 11.9 Å². The van der Waals surface area contributed by atoms with E-state index in [1.54, 1.807) is 6.92 Å². The summed E-state index contributed by atoms with van der Waals surface area (Å²) in [6, 6.07) is 0. The van der Waals surface area contributed by atoms with E-state index >= 15 is 0 Å². The van der Waals surface area contributed by atoms with Crippen LogP contribution in [0.4, 0.5) is 0 Å². The van der Waals surface area contributed by atoms with Crippen LogP contribution in [-0.2, 0) is 14.3 Å². The predicted octanol–water partition coefficient (Wildman–Crippen LogP) is 4.27. The van der Waals surface area contributed by atoms with Crippen LogP contribution in [-0.4, -0.2) is 23.7 Å². The molecule has 0 saturated carbocycles. The van der Waals surface area contributed by atoms with Crippen molar-refractivity contribution in [3.63, 3.8) is 0 Å². The summed E-state index contributed by atoms with van der Waals surface area (Å²) in [4.78, 5) is 21.6. The van der Waals surface area contributed by atoms with E-state index in [9.17, 15) is 9.59 Å². The second-order valence-electron chi connectivity index (χ2n) is 5.41. The van der Waals surface area contributed by atoms with E-state index in [2.05, 4.69) is 6.92 Å². The third kappa shape index (κ3) is 8.94. The maximum Gasteiger partial charge on any atom is 0.309 e. The molecule has 0 fully saturated rings. The van der Waals surface area contributed by atoms with Gasteiger partial charge in [0.2, 0.25) is 0 Å². The minimum Gasteiger partial charge on any atom is -0.481 e. The number of carboxylic acid groups (broad SMARTS) is 1. The van der Waals surface area contributed by atoms with Gasteiger partial charge in [-0.25, -0.2) is 0 Å². The summed E-state index contributed by atoms with van der Waals surface area (Å²) in [5.41, 5.74) is -0.491. The first kappa shape index (κ1) is 21.2. The molecule has 0 aromatic rings. The third-order valence-corrected chi connectivity index (χ3v) is 3.51. The Morgan fingerprint density at radius 3 is 1.95 bits per heavy atom. The molecule has 0 rings (SSSR count). The highest BCUT2D eigenvalue weighted by Crippen LogP contribution is 2.26. The van der Waals surface area contributed by atoms with Gasteiger partial charge in [0.25, 0.3) is 0 Å². The lowest BCUT2D eigenvalue weighted by molar-refractivity contribution is -0.149. The van der Waals surface area contributed by atoms with Gasteiger partial charge in [-0.1, -0.05) is 40.5 Å². The lowest BCUT2D eigenvalue weighted by atomic mass is 9.83. The van der Waals surface area contributed by atoms with Gasteiger partial charge in [-0.05, 0) is 33.1 Å². The van der Waals surface area contributed by atoms with Crippen molar-refractivity contribution in [2.45, 2.75) is 73.6 Å². The first-order valence-electron chi connectivity index (χ1n) is 7.68. The zero-order chi connectivity index (χ0) is 16.2. The molecule has 0 aromatic heterocycles. The molecule has 0 bridgehead atoms. The van der Waals surface area contributed by atoms with Gasteiger partial charge in [0.15, 0.2) is 0 Å². The number of hydrogen-bond acceptors (Lipinski definition) is 3. The number of esters is 1. The van der Waals surface area contributed by atoms with Gasteiger partial charge in [-0.2, -0.15) is 0 Å². The lowest BCUT2D eigenvalue weighted by Gasteiger charge is -2.21. The molecular weight excluding hydrogens is 256 g/mol. The van der Waals surface area contributed by atoms with Crippen molar-refractivity contribution in [2.75, 3.05) is 6.61 Å². The summed E-state index contributed by atoms with van der Waals surface area (Å²) in [6.45, 7) is 12.0. The molecule has 0 aromatic carbocycles. The Bertz CT molecular complexity index is 274. The summed E-state index contributed by atoms with van der Waals surface area (Å²) in [5.74, 6) is -0.661. The van der Waals surface area contributed by atoms with Crippen molar-refractivity contribution in [1.82, 2.24) is 0 Å². The Labute approximate surface area is 123 Å². The summed E-state index contributed by atoms with van der Waals surface area (Å²) in [6.07, 6.45) is 4.41. The largest absolute Gasteiger partial charge is 0.481 e. The number of carbonyl (C=O) groups excluding carboxylic acids is 1. The average Bonchev–Trinajstić information content (AvgIpc) is 2.40. The molecule has 0 aliphatic carbocycles. The van der Waals surface area contributed by atoms with Gasteiger partial charge in [-0.15, -0.1) is 0 Å². The Morgan fingerprint density at radius 2 is 1.70 bits per heavy atom. The van der Waals surface area contributed by atoms with Crippen LogP contribution >= 0.6 is 0 Å². The van der Waals surface area contributed by atoms with E-state index in [1.165, 1.54) is 0 Å². The van der Waals surface area contributed by atoms with Crippen LogP contribution in [0.1, 0.15) is 73.6 Å². The van der Waals surface area contributed by atoms with E-state index < -0.39 is 11.4 Å². The number of carbonyl (C=O) groups is 2. The standard InChI is InChI=1S/2C8H16O2/c1-4-6-8(3,5-2)7(9)10;1-4-6-7(3)8(9)10-5-2/h4-6H2,1-3H3,(H,9,10);7H,4-6H2,1-3H3. The fraction of sp³-hybridized carbons (Fsp3) is 0.875. The molecule has 4 heteroatoms. The Balaban J connectivity index is 0. The van der Waals surface area contributed by atoms with Crippen LogP contribution in [0.5, 0.6) is 0 Å². The molecule has 4 nitrogen and oxygen atoms in total. The van der Waals surface area contributed by atoms with Crippen molar-refractivity contribution >= 4 is 11.9 Å². The number of hydrogen-bond donors (Lipinski definition) is 1. The van der Waals surface area contributed by atoms with Crippen LogP contribution in [0.25, 0.3) is 0 Å². The predicted molar refractivity (Wildman–Crippen MR) is 81.6 cm³/mol. The summed E-state index contributed by atoms with van der Waals surface area (Å²) >= 11 is 0. The SMILES string of the molecule is CCCC(C)(CC)C(=O)O.CCCC(C)C(=O)OCC. The third-order valence-electron chi connectivity index (χ3n) is 3.51. The van der Waals surface area contributed by atoms with Crippen LogP contribution in [0.2, 0.25) is 0 Å². The molecule has 2 atom stereocenters. The van der Waals surface area contributed by atoms with E-state index in [-0.39, 0.29) is 11.9 Å². The molecule has 0 heterocycles. The molecular formula is C16H32O4. The lowest BCUT2D eigenvalue weighted by Crippen LogP contribution is -2.26. The molecule has 2 unspecified atom stereocenters. The Kier molecular flexibility index (Phi) is 12.5. The van der Waals surface area contributed by atoms with Crippen LogP contribution in [0.3, 0.4) is 0 Å². The van der Waals surface area contributed by atoms with E-state index in [0.717, 1.165) is 32.1 Å². The maximum absolute atomic E-state index is 10.9. The summed E-state index contributed by atoms with van der Waals surface area (Å²) in [7, 11) is 0. The molecule has 0 amide bonds. The molecule has 1 N–H and O–H groups in total. The topological polar surface area (TPSA) is 63.6 Å². The molecule has 0 aliphatic heterocycles. The van der Waals surface area contributed by atoms with Crippen molar-refractivity contribution in [2.24, 2.45) is 11.3 Å². The smallest absolute Gasteiger partial charge is 0.309 e. The van der Waals surface area contributed by atoms with Gasteiger partial charge in [-0.3, -0.25) is 9.59 Å². The van der Waals surface area contributed by atoms with Crippen molar-refractivity contribution in [3.8, 4) is 0 Å². The van der Waals surface area contributed by atoms with Crippen LogP contribution < -0.4 is 0 Å². The van der Waals surface area contributed by atoms with E-state index in [0.29, 0.717) is 6.61 Å². The molecule has 0 aliphatic rings. The highest BCUT2D eigenvalue weighted by Gasteiger charge is 2.29. The van der Waals surface area contributed by atoms with Gasteiger partial charge in [0.1, 0.15) is 0 Å². The zero-order valence-corrected chi connectivity index (χ0v) is 14.0. The quantitative estimate of drug-likeness (QED) is 0.677. The number of aliphatic carboxylic acids is 1. The second kappa shape index (κ2) is 11.7. The Morgan fingerprint density at radius 1 is 1.15 bits per heavy atom. The zero-order valence-electron chi connectivity index (χ0n) is 14.0.